The summed E-state index contributed by atoms with van der Waals surface area (Å²) in [5.74, 6) is -0.286. The van der Waals surface area contributed by atoms with Gasteiger partial charge in [0.15, 0.2) is 0 Å². The summed E-state index contributed by atoms with van der Waals surface area (Å²) < 4.78 is 0. The number of piperazine rings is 1. The number of para-hydroxylation sites is 1. The van der Waals surface area contributed by atoms with Crippen LogP contribution in [0.4, 0.5) is 5.69 Å². The second-order valence-electron chi connectivity index (χ2n) is 5.41. The average Bonchev–Trinajstić information content (AvgIpc) is 2.98. The van der Waals surface area contributed by atoms with Crippen LogP contribution >= 0.6 is 0 Å². The topological polar surface area (TPSA) is 52.7 Å². The molecule has 0 bridgehead atoms. The van der Waals surface area contributed by atoms with Crippen LogP contribution in [0.3, 0.4) is 0 Å². The summed E-state index contributed by atoms with van der Waals surface area (Å²) in [5, 5.41) is 3.48. The van der Waals surface area contributed by atoms with Crippen molar-refractivity contribution >= 4 is 17.5 Å². The van der Waals surface area contributed by atoms with Gasteiger partial charge in [0.1, 0.15) is 0 Å². The van der Waals surface area contributed by atoms with E-state index in [-0.39, 0.29) is 24.9 Å². The second kappa shape index (κ2) is 5.25. The highest BCUT2D eigenvalue weighted by Gasteiger charge is 2.30. The molecule has 20 heavy (non-hydrogen) atoms. The van der Waals surface area contributed by atoms with Crippen molar-refractivity contribution in [1.82, 2.24) is 10.2 Å². The number of hydrogen-bond donors (Lipinski definition) is 1. The molecule has 1 N–H and O–H groups in total. The Morgan fingerprint density at radius 1 is 1.15 bits per heavy atom. The first-order valence-corrected chi connectivity index (χ1v) is 7.03. The Hall–Kier alpha value is -1.88. The van der Waals surface area contributed by atoms with Gasteiger partial charge in [-0.05, 0) is 31.0 Å². The SMILES string of the molecule is CN1C(=O)CN(c2ccccc2C2CCCN2)CC1=O. The van der Waals surface area contributed by atoms with Crippen molar-refractivity contribution in [2.45, 2.75) is 18.9 Å². The number of benzene rings is 1. The molecule has 2 saturated heterocycles. The molecule has 2 aliphatic rings. The van der Waals surface area contributed by atoms with Gasteiger partial charge in [0.2, 0.25) is 11.8 Å². The lowest BCUT2D eigenvalue weighted by Gasteiger charge is -2.34. The van der Waals surface area contributed by atoms with Gasteiger partial charge in [-0.2, -0.15) is 0 Å². The molecule has 0 aliphatic carbocycles. The summed E-state index contributed by atoms with van der Waals surface area (Å²) in [4.78, 5) is 26.8. The van der Waals surface area contributed by atoms with Crippen LogP contribution in [0.5, 0.6) is 0 Å². The Kier molecular flexibility index (Phi) is 3.44. The molecule has 0 aromatic heterocycles. The van der Waals surface area contributed by atoms with Gasteiger partial charge in [0.25, 0.3) is 0 Å². The van der Waals surface area contributed by atoms with E-state index in [1.807, 2.05) is 23.1 Å². The Morgan fingerprint density at radius 3 is 2.50 bits per heavy atom. The van der Waals surface area contributed by atoms with E-state index in [1.165, 1.54) is 16.9 Å². The van der Waals surface area contributed by atoms with Crippen molar-refractivity contribution in [3.63, 3.8) is 0 Å². The molecule has 1 unspecified atom stereocenters. The zero-order valence-corrected chi connectivity index (χ0v) is 11.6. The fraction of sp³-hybridized carbons (Fsp3) is 0.467. The summed E-state index contributed by atoms with van der Waals surface area (Å²) in [6.45, 7) is 1.57. The molecule has 106 valence electrons. The van der Waals surface area contributed by atoms with Gasteiger partial charge in [-0.25, -0.2) is 0 Å². The first-order chi connectivity index (χ1) is 9.66. The van der Waals surface area contributed by atoms with E-state index >= 15 is 0 Å². The molecule has 0 radical (unpaired) electrons. The minimum absolute atomic E-state index is 0.143. The predicted octanol–water partition coefficient (Wildman–Crippen LogP) is 0.916. The fourth-order valence-corrected chi connectivity index (χ4v) is 2.92. The van der Waals surface area contributed by atoms with Crippen LogP contribution in [0, 0.1) is 0 Å². The van der Waals surface area contributed by atoms with Crippen LogP contribution in [-0.2, 0) is 9.59 Å². The van der Waals surface area contributed by atoms with Crippen molar-refractivity contribution in [2.75, 3.05) is 31.6 Å². The van der Waals surface area contributed by atoms with Crippen molar-refractivity contribution in [3.8, 4) is 0 Å². The second-order valence-corrected chi connectivity index (χ2v) is 5.41. The molecular weight excluding hydrogens is 254 g/mol. The first-order valence-electron chi connectivity index (χ1n) is 7.03. The smallest absolute Gasteiger partial charge is 0.248 e. The van der Waals surface area contributed by atoms with Gasteiger partial charge < -0.3 is 10.2 Å². The molecule has 3 rings (SSSR count). The molecule has 1 atom stereocenters. The Morgan fingerprint density at radius 2 is 1.85 bits per heavy atom. The molecule has 2 aliphatic heterocycles. The Bertz CT molecular complexity index is 520. The predicted molar refractivity (Wildman–Crippen MR) is 76.4 cm³/mol. The van der Waals surface area contributed by atoms with Crippen LogP contribution in [0.2, 0.25) is 0 Å². The highest BCUT2D eigenvalue weighted by atomic mass is 16.2. The van der Waals surface area contributed by atoms with Crippen molar-refractivity contribution in [3.05, 3.63) is 29.8 Å². The third kappa shape index (κ3) is 2.29. The molecule has 5 heteroatoms. The quantitative estimate of drug-likeness (QED) is 0.814. The largest absolute Gasteiger partial charge is 0.353 e. The zero-order valence-electron chi connectivity index (χ0n) is 11.6. The van der Waals surface area contributed by atoms with Crippen LogP contribution in [-0.4, -0.2) is 43.4 Å². The molecule has 1 aromatic carbocycles. The van der Waals surface area contributed by atoms with E-state index in [4.69, 9.17) is 0 Å². The lowest BCUT2D eigenvalue weighted by atomic mass is 10.0. The monoisotopic (exact) mass is 273 g/mol. The maximum Gasteiger partial charge on any atom is 0.248 e. The molecule has 2 heterocycles. The van der Waals surface area contributed by atoms with Gasteiger partial charge in [-0.1, -0.05) is 18.2 Å². The maximum atomic E-state index is 11.9. The fourth-order valence-electron chi connectivity index (χ4n) is 2.92. The highest BCUT2D eigenvalue weighted by molar-refractivity contribution is 6.02. The highest BCUT2D eigenvalue weighted by Crippen LogP contribution is 2.32. The number of imide groups is 1. The first kappa shape index (κ1) is 13.1. The molecular formula is C15H19N3O2. The van der Waals surface area contributed by atoms with E-state index in [0.29, 0.717) is 6.04 Å². The van der Waals surface area contributed by atoms with Crippen molar-refractivity contribution < 1.29 is 9.59 Å². The standard InChI is InChI=1S/C15H19N3O2/c1-17-14(19)9-18(10-15(17)20)13-7-3-2-5-11(13)12-6-4-8-16-12/h2-3,5,7,12,16H,4,6,8-10H2,1H3. The number of carbonyl (C=O) groups is 2. The van der Waals surface area contributed by atoms with Gasteiger partial charge >= 0.3 is 0 Å². The van der Waals surface area contributed by atoms with Gasteiger partial charge in [-0.3, -0.25) is 14.5 Å². The van der Waals surface area contributed by atoms with E-state index in [9.17, 15) is 9.59 Å². The normalized spacial score (nSPS) is 23.6. The molecule has 2 amide bonds. The number of anilines is 1. The maximum absolute atomic E-state index is 11.9. The van der Waals surface area contributed by atoms with Crippen LogP contribution in [0.1, 0.15) is 24.4 Å². The third-order valence-corrected chi connectivity index (χ3v) is 4.11. The van der Waals surface area contributed by atoms with Gasteiger partial charge in [-0.15, -0.1) is 0 Å². The minimum Gasteiger partial charge on any atom is -0.353 e. The van der Waals surface area contributed by atoms with Crippen molar-refractivity contribution in [1.29, 1.82) is 0 Å². The summed E-state index contributed by atoms with van der Waals surface area (Å²) in [6.07, 6.45) is 2.27. The molecule has 1 aromatic rings. The third-order valence-electron chi connectivity index (χ3n) is 4.11. The van der Waals surface area contributed by atoms with E-state index < -0.39 is 0 Å². The molecule has 5 nitrogen and oxygen atoms in total. The summed E-state index contributed by atoms with van der Waals surface area (Å²) in [6, 6.07) is 8.39. The van der Waals surface area contributed by atoms with Crippen LogP contribution < -0.4 is 10.2 Å². The Balaban J connectivity index is 1.90. The summed E-state index contributed by atoms with van der Waals surface area (Å²) in [7, 11) is 1.55. The van der Waals surface area contributed by atoms with E-state index in [1.54, 1.807) is 7.05 Å². The zero-order chi connectivity index (χ0) is 14.1. The Labute approximate surface area is 118 Å². The molecule has 0 saturated carbocycles. The number of carbonyl (C=O) groups excluding carboxylic acids is 2. The number of amides is 2. The van der Waals surface area contributed by atoms with Crippen LogP contribution in [0.15, 0.2) is 24.3 Å². The van der Waals surface area contributed by atoms with Crippen LogP contribution in [0.25, 0.3) is 0 Å². The van der Waals surface area contributed by atoms with Gasteiger partial charge in [0, 0.05) is 18.8 Å². The van der Waals surface area contributed by atoms with E-state index in [0.717, 1.165) is 18.7 Å². The van der Waals surface area contributed by atoms with E-state index in [2.05, 4.69) is 11.4 Å². The lowest BCUT2D eigenvalue weighted by molar-refractivity contribution is -0.143. The number of likely N-dealkylation sites (N-methyl/N-ethyl adjacent to an activating group) is 1. The number of rotatable bonds is 2. The lowest BCUT2D eigenvalue weighted by Crippen LogP contribution is -2.52. The summed E-state index contributed by atoms with van der Waals surface area (Å²) >= 11 is 0. The number of nitrogens with one attached hydrogen (secondary N) is 1. The average molecular weight is 273 g/mol. The summed E-state index contributed by atoms with van der Waals surface area (Å²) in [5.41, 5.74) is 2.19. The minimum atomic E-state index is -0.143. The van der Waals surface area contributed by atoms with Crippen molar-refractivity contribution in [2.24, 2.45) is 0 Å². The number of hydrogen-bond acceptors (Lipinski definition) is 4. The number of nitrogens with zero attached hydrogens (tertiary/aromatic N) is 2. The molecule has 0 spiro atoms. The molecule has 2 fully saturated rings. The van der Waals surface area contributed by atoms with Gasteiger partial charge in [0.05, 0.1) is 13.1 Å².